The average Bonchev–Trinajstić information content (AvgIpc) is 2.55. The van der Waals surface area contributed by atoms with Crippen molar-refractivity contribution in [2.75, 3.05) is 32.6 Å². The van der Waals surface area contributed by atoms with Crippen LogP contribution in [0.4, 0.5) is 5.69 Å². The number of nitrogens with zero attached hydrogens (tertiary/aromatic N) is 2. The number of thiocarbonyl (C=S) groups is 1. The van der Waals surface area contributed by atoms with Crippen molar-refractivity contribution in [3.05, 3.63) is 24.3 Å². The maximum absolute atomic E-state index is 5.54. The molecular weight excluding hydrogens is 294 g/mol. The number of hydrogen-bond donors (Lipinski definition) is 1. The van der Waals surface area contributed by atoms with Crippen molar-refractivity contribution in [1.29, 1.82) is 0 Å². The van der Waals surface area contributed by atoms with Crippen LogP contribution in [0.2, 0.25) is 0 Å². The highest BCUT2D eigenvalue weighted by molar-refractivity contribution is 7.80. The lowest BCUT2D eigenvalue weighted by Gasteiger charge is -2.39. The van der Waals surface area contributed by atoms with Crippen molar-refractivity contribution in [3.8, 4) is 5.75 Å². The molecule has 1 saturated heterocycles. The van der Waals surface area contributed by atoms with E-state index in [1.165, 1.54) is 12.8 Å². The van der Waals surface area contributed by atoms with E-state index in [-0.39, 0.29) is 0 Å². The minimum absolute atomic E-state index is 0.598. The Morgan fingerprint density at radius 3 is 2.36 bits per heavy atom. The summed E-state index contributed by atoms with van der Waals surface area (Å²) in [4.78, 5) is 4.74. The summed E-state index contributed by atoms with van der Waals surface area (Å²) in [5, 5.41) is 4.13. The highest BCUT2D eigenvalue weighted by Gasteiger charge is 2.24. The Bertz CT molecular complexity index is 481. The lowest BCUT2D eigenvalue weighted by molar-refractivity contribution is 0.136. The molecule has 2 rings (SSSR count). The van der Waals surface area contributed by atoms with Crippen LogP contribution in [0.3, 0.4) is 0 Å². The van der Waals surface area contributed by atoms with E-state index in [0.717, 1.165) is 29.6 Å². The first-order valence-electron chi connectivity index (χ1n) is 7.93. The van der Waals surface area contributed by atoms with E-state index in [9.17, 15) is 0 Å². The highest BCUT2D eigenvalue weighted by Crippen LogP contribution is 2.19. The van der Waals surface area contributed by atoms with Crippen molar-refractivity contribution in [2.24, 2.45) is 0 Å². The van der Waals surface area contributed by atoms with Crippen LogP contribution >= 0.6 is 12.2 Å². The molecule has 0 bridgehead atoms. The zero-order valence-corrected chi connectivity index (χ0v) is 14.8. The molecule has 1 N–H and O–H groups in total. The molecular formula is C17H27N3OS. The molecule has 0 saturated carbocycles. The predicted molar refractivity (Wildman–Crippen MR) is 96.7 cm³/mol. The van der Waals surface area contributed by atoms with Crippen LogP contribution in [0, 0.1) is 0 Å². The van der Waals surface area contributed by atoms with Crippen LogP contribution in [0.1, 0.15) is 26.7 Å². The first kappa shape index (κ1) is 17.0. The molecule has 1 fully saturated rings. The Hall–Kier alpha value is -1.33. The lowest BCUT2D eigenvalue weighted by atomic mass is 10.0. The lowest BCUT2D eigenvalue weighted by Crippen LogP contribution is -2.48. The second-order valence-corrected chi connectivity index (χ2v) is 6.52. The summed E-state index contributed by atoms with van der Waals surface area (Å²) in [6, 6.07) is 9.12. The molecule has 0 aromatic heterocycles. The first-order chi connectivity index (χ1) is 10.5. The fourth-order valence-electron chi connectivity index (χ4n) is 2.77. The third-order valence-electron chi connectivity index (χ3n) is 4.48. The Kier molecular flexibility index (Phi) is 6.03. The van der Waals surface area contributed by atoms with Gasteiger partial charge >= 0.3 is 0 Å². The number of benzene rings is 1. The Balaban J connectivity index is 1.84. The van der Waals surface area contributed by atoms with Crippen molar-refractivity contribution in [3.63, 3.8) is 0 Å². The summed E-state index contributed by atoms with van der Waals surface area (Å²) >= 11 is 5.54. The topological polar surface area (TPSA) is 27.7 Å². The van der Waals surface area contributed by atoms with Gasteiger partial charge in [0.1, 0.15) is 5.75 Å². The van der Waals surface area contributed by atoms with Crippen molar-refractivity contribution >= 4 is 23.0 Å². The Morgan fingerprint density at radius 2 is 1.86 bits per heavy atom. The van der Waals surface area contributed by atoms with Crippen molar-refractivity contribution in [2.45, 2.75) is 38.8 Å². The van der Waals surface area contributed by atoms with E-state index in [1.807, 2.05) is 24.3 Å². The van der Waals surface area contributed by atoms with E-state index in [4.69, 9.17) is 17.0 Å². The molecule has 1 aromatic carbocycles. The SMILES string of the molecule is COc1ccc(NC(=S)N2CCC(N(C)C(C)C)CC2)cc1. The average molecular weight is 321 g/mol. The van der Waals surface area contributed by atoms with Crippen LogP contribution < -0.4 is 10.1 Å². The summed E-state index contributed by atoms with van der Waals surface area (Å²) < 4.78 is 5.17. The number of ether oxygens (including phenoxy) is 1. The molecule has 1 heterocycles. The smallest absolute Gasteiger partial charge is 0.173 e. The molecule has 4 nitrogen and oxygen atoms in total. The third kappa shape index (κ3) is 4.34. The quantitative estimate of drug-likeness (QED) is 0.860. The van der Waals surface area contributed by atoms with Gasteiger partial charge in [0.05, 0.1) is 7.11 Å². The first-order valence-corrected chi connectivity index (χ1v) is 8.34. The molecule has 0 radical (unpaired) electrons. The minimum Gasteiger partial charge on any atom is -0.497 e. The van der Waals surface area contributed by atoms with E-state index in [0.29, 0.717) is 12.1 Å². The zero-order valence-electron chi connectivity index (χ0n) is 14.0. The number of anilines is 1. The summed E-state index contributed by atoms with van der Waals surface area (Å²) in [7, 11) is 3.89. The van der Waals surface area contributed by atoms with Gasteiger partial charge in [-0.05, 0) is 70.2 Å². The molecule has 1 aromatic rings. The van der Waals surface area contributed by atoms with E-state index >= 15 is 0 Å². The molecule has 1 aliphatic heterocycles. The van der Waals surface area contributed by atoms with Crippen LogP contribution in [-0.4, -0.2) is 54.2 Å². The molecule has 22 heavy (non-hydrogen) atoms. The van der Waals surface area contributed by atoms with Gasteiger partial charge in [-0.3, -0.25) is 0 Å². The van der Waals surface area contributed by atoms with E-state index in [1.54, 1.807) is 7.11 Å². The number of piperidine rings is 1. The molecule has 0 unspecified atom stereocenters. The Labute approximate surface area is 139 Å². The van der Waals surface area contributed by atoms with Gasteiger partial charge in [-0.15, -0.1) is 0 Å². The minimum atomic E-state index is 0.598. The number of likely N-dealkylation sites (tertiary alicyclic amines) is 1. The van der Waals surface area contributed by atoms with Gasteiger partial charge in [0.25, 0.3) is 0 Å². The van der Waals surface area contributed by atoms with Gasteiger partial charge < -0.3 is 19.9 Å². The van der Waals surface area contributed by atoms with Crippen molar-refractivity contribution < 1.29 is 4.74 Å². The summed E-state index contributed by atoms with van der Waals surface area (Å²) in [5.41, 5.74) is 1.01. The molecule has 5 heteroatoms. The van der Waals surface area contributed by atoms with Crippen LogP contribution in [0.15, 0.2) is 24.3 Å². The highest BCUT2D eigenvalue weighted by atomic mass is 32.1. The van der Waals surface area contributed by atoms with E-state index in [2.05, 4.69) is 36.0 Å². The second-order valence-electron chi connectivity index (χ2n) is 6.14. The van der Waals surface area contributed by atoms with E-state index < -0.39 is 0 Å². The van der Waals surface area contributed by atoms with Crippen LogP contribution in [-0.2, 0) is 0 Å². The van der Waals surface area contributed by atoms with Gasteiger partial charge in [0, 0.05) is 30.9 Å². The second kappa shape index (κ2) is 7.79. The maximum atomic E-state index is 5.54. The number of rotatable bonds is 4. The van der Waals surface area contributed by atoms with Gasteiger partial charge in [-0.25, -0.2) is 0 Å². The molecule has 0 atom stereocenters. The fourth-order valence-corrected chi connectivity index (χ4v) is 3.08. The van der Waals surface area contributed by atoms with Gasteiger partial charge in [0.15, 0.2) is 5.11 Å². The summed E-state index contributed by atoms with van der Waals surface area (Å²) in [6.45, 7) is 6.54. The number of nitrogens with one attached hydrogen (secondary N) is 1. The molecule has 1 aliphatic rings. The normalized spacial score (nSPS) is 16.2. The number of methoxy groups -OCH3 is 1. The molecule has 0 aliphatic carbocycles. The predicted octanol–water partition coefficient (Wildman–Crippen LogP) is 3.20. The standard InChI is InChI=1S/C17H27N3OS/c1-13(2)19(3)15-9-11-20(12-10-15)17(22)18-14-5-7-16(21-4)8-6-14/h5-8,13,15H,9-12H2,1-4H3,(H,18,22). The molecule has 0 amide bonds. The summed E-state index contributed by atoms with van der Waals surface area (Å²) in [6.07, 6.45) is 2.33. The van der Waals surface area contributed by atoms with Gasteiger partial charge in [-0.1, -0.05) is 0 Å². The van der Waals surface area contributed by atoms with Crippen LogP contribution in [0.25, 0.3) is 0 Å². The maximum Gasteiger partial charge on any atom is 0.173 e. The van der Waals surface area contributed by atoms with Crippen LogP contribution in [0.5, 0.6) is 5.75 Å². The number of hydrogen-bond acceptors (Lipinski definition) is 3. The monoisotopic (exact) mass is 321 g/mol. The third-order valence-corrected chi connectivity index (χ3v) is 4.84. The van der Waals surface area contributed by atoms with Gasteiger partial charge in [0.2, 0.25) is 0 Å². The zero-order chi connectivity index (χ0) is 16.1. The van der Waals surface area contributed by atoms with Crippen molar-refractivity contribution in [1.82, 2.24) is 9.80 Å². The van der Waals surface area contributed by atoms with Gasteiger partial charge in [-0.2, -0.15) is 0 Å². The molecule has 0 spiro atoms. The fraction of sp³-hybridized carbons (Fsp3) is 0.588. The Morgan fingerprint density at radius 1 is 1.27 bits per heavy atom. The summed E-state index contributed by atoms with van der Waals surface area (Å²) in [5.74, 6) is 0.856. The largest absolute Gasteiger partial charge is 0.497 e. The molecule has 122 valence electrons.